The van der Waals surface area contributed by atoms with Crippen LogP contribution in [0.25, 0.3) is 0 Å². The Morgan fingerprint density at radius 1 is 1.25 bits per heavy atom. The predicted octanol–water partition coefficient (Wildman–Crippen LogP) is -0.347. The number of nitrogens with one attached hydrogen (secondary N) is 1. The summed E-state index contributed by atoms with van der Waals surface area (Å²) in [6, 6.07) is 4.07. The van der Waals surface area contributed by atoms with E-state index in [1.165, 1.54) is 0 Å². The first-order valence-electron chi connectivity index (χ1n) is 7.14. The number of nitrogens with two attached hydrogens (primary N) is 2. The number of hydrogen-bond acceptors (Lipinski definition) is 6. The van der Waals surface area contributed by atoms with Crippen LogP contribution in [0.2, 0.25) is 0 Å². The summed E-state index contributed by atoms with van der Waals surface area (Å²) in [5.74, 6) is 1.59. The van der Waals surface area contributed by atoms with Gasteiger partial charge in [0.25, 0.3) is 0 Å². The van der Waals surface area contributed by atoms with Crippen LogP contribution in [-0.2, 0) is 6.54 Å². The minimum Gasteiger partial charge on any atom is -0.486 e. The van der Waals surface area contributed by atoms with E-state index in [-0.39, 0.29) is 6.10 Å². The van der Waals surface area contributed by atoms with Crippen molar-refractivity contribution in [1.29, 1.82) is 0 Å². The van der Waals surface area contributed by atoms with Crippen LogP contribution in [0.4, 0.5) is 5.69 Å². The SMILES string of the molecule is NCc1cc2c(c(N3CCNCC3)c1)OC(CN)CO2. The Morgan fingerprint density at radius 3 is 2.75 bits per heavy atom. The lowest BCUT2D eigenvalue weighted by atomic mass is 10.1. The molecule has 0 amide bonds. The van der Waals surface area contributed by atoms with Crippen LogP contribution in [-0.4, -0.2) is 45.4 Å². The standard InChI is InChI=1S/C14H22N4O2/c15-7-10-5-12(18-3-1-17-2-4-18)14-13(6-10)19-9-11(8-16)20-14/h5-6,11,17H,1-4,7-9,15-16H2. The molecule has 0 spiro atoms. The molecule has 1 aromatic carbocycles. The monoisotopic (exact) mass is 278 g/mol. The van der Waals surface area contributed by atoms with Gasteiger partial charge in [-0.1, -0.05) is 0 Å². The number of anilines is 1. The lowest BCUT2D eigenvalue weighted by Gasteiger charge is -2.34. The molecule has 2 heterocycles. The Hall–Kier alpha value is -1.50. The van der Waals surface area contributed by atoms with Crippen LogP contribution < -0.4 is 31.2 Å². The molecule has 1 aromatic rings. The largest absolute Gasteiger partial charge is 0.486 e. The third-order valence-electron chi connectivity index (χ3n) is 3.76. The zero-order valence-electron chi connectivity index (χ0n) is 11.6. The van der Waals surface area contributed by atoms with Crippen LogP contribution >= 0.6 is 0 Å². The zero-order valence-corrected chi connectivity index (χ0v) is 11.6. The second kappa shape index (κ2) is 5.87. The molecule has 0 aromatic heterocycles. The van der Waals surface area contributed by atoms with Crippen molar-refractivity contribution in [2.45, 2.75) is 12.6 Å². The van der Waals surface area contributed by atoms with Crippen LogP contribution in [0.15, 0.2) is 12.1 Å². The molecule has 5 N–H and O–H groups in total. The zero-order chi connectivity index (χ0) is 13.9. The van der Waals surface area contributed by atoms with Gasteiger partial charge in [-0.3, -0.25) is 0 Å². The van der Waals surface area contributed by atoms with Gasteiger partial charge in [0, 0.05) is 39.3 Å². The van der Waals surface area contributed by atoms with E-state index in [1.807, 2.05) is 6.07 Å². The molecule has 0 radical (unpaired) electrons. The molecular weight excluding hydrogens is 256 g/mol. The molecule has 110 valence electrons. The van der Waals surface area contributed by atoms with E-state index in [0.717, 1.165) is 48.9 Å². The molecule has 1 atom stereocenters. The van der Waals surface area contributed by atoms with Gasteiger partial charge in [0.05, 0.1) is 5.69 Å². The fraction of sp³-hybridized carbons (Fsp3) is 0.571. The summed E-state index contributed by atoms with van der Waals surface area (Å²) < 4.78 is 11.8. The summed E-state index contributed by atoms with van der Waals surface area (Å²) in [7, 11) is 0. The number of benzene rings is 1. The second-order valence-electron chi connectivity index (χ2n) is 5.17. The maximum Gasteiger partial charge on any atom is 0.185 e. The van der Waals surface area contributed by atoms with Gasteiger partial charge in [-0.05, 0) is 17.7 Å². The average molecular weight is 278 g/mol. The lowest BCUT2D eigenvalue weighted by Crippen LogP contribution is -2.44. The summed E-state index contributed by atoms with van der Waals surface area (Å²) in [4.78, 5) is 2.32. The first-order valence-corrected chi connectivity index (χ1v) is 7.14. The number of hydrogen-bond donors (Lipinski definition) is 3. The molecule has 2 aliphatic heterocycles. The van der Waals surface area contributed by atoms with Gasteiger partial charge < -0.3 is 31.2 Å². The highest BCUT2D eigenvalue weighted by molar-refractivity contribution is 5.67. The molecule has 6 nitrogen and oxygen atoms in total. The van der Waals surface area contributed by atoms with Gasteiger partial charge in [-0.15, -0.1) is 0 Å². The van der Waals surface area contributed by atoms with Gasteiger partial charge in [0.2, 0.25) is 0 Å². The van der Waals surface area contributed by atoms with E-state index >= 15 is 0 Å². The van der Waals surface area contributed by atoms with E-state index in [4.69, 9.17) is 20.9 Å². The summed E-state index contributed by atoms with van der Waals surface area (Å²) >= 11 is 0. The number of fused-ring (bicyclic) bond motifs is 1. The van der Waals surface area contributed by atoms with Gasteiger partial charge in [0.1, 0.15) is 12.7 Å². The van der Waals surface area contributed by atoms with E-state index in [2.05, 4.69) is 16.3 Å². The Kier molecular flexibility index (Phi) is 3.95. The molecule has 20 heavy (non-hydrogen) atoms. The highest BCUT2D eigenvalue weighted by Gasteiger charge is 2.26. The van der Waals surface area contributed by atoms with Crippen molar-refractivity contribution in [3.05, 3.63) is 17.7 Å². The van der Waals surface area contributed by atoms with Gasteiger partial charge in [0.15, 0.2) is 11.5 Å². The highest BCUT2D eigenvalue weighted by Crippen LogP contribution is 2.42. The van der Waals surface area contributed by atoms with Crippen molar-refractivity contribution in [3.8, 4) is 11.5 Å². The molecule has 1 unspecified atom stereocenters. The van der Waals surface area contributed by atoms with E-state index < -0.39 is 0 Å². The van der Waals surface area contributed by atoms with Gasteiger partial charge in [-0.2, -0.15) is 0 Å². The van der Waals surface area contributed by atoms with Crippen LogP contribution in [0.1, 0.15) is 5.56 Å². The molecule has 1 fully saturated rings. The maximum absolute atomic E-state index is 6.01. The van der Waals surface area contributed by atoms with Crippen LogP contribution in [0.5, 0.6) is 11.5 Å². The fourth-order valence-electron chi connectivity index (χ4n) is 2.63. The Bertz CT molecular complexity index is 474. The lowest BCUT2D eigenvalue weighted by molar-refractivity contribution is 0.0972. The molecule has 3 rings (SSSR count). The topological polar surface area (TPSA) is 85.8 Å². The number of rotatable bonds is 3. The molecule has 6 heteroatoms. The third-order valence-corrected chi connectivity index (χ3v) is 3.76. The maximum atomic E-state index is 6.01. The fourth-order valence-corrected chi connectivity index (χ4v) is 2.63. The Balaban J connectivity index is 1.97. The van der Waals surface area contributed by atoms with Gasteiger partial charge in [-0.25, -0.2) is 0 Å². The Morgan fingerprint density at radius 2 is 2.05 bits per heavy atom. The van der Waals surface area contributed by atoms with Crippen molar-refractivity contribution in [2.24, 2.45) is 11.5 Å². The van der Waals surface area contributed by atoms with Crippen molar-refractivity contribution < 1.29 is 9.47 Å². The highest BCUT2D eigenvalue weighted by atomic mass is 16.6. The summed E-state index contributed by atoms with van der Waals surface area (Å²) in [6.45, 7) is 5.31. The average Bonchev–Trinajstić information content (AvgIpc) is 2.54. The van der Waals surface area contributed by atoms with Crippen molar-refractivity contribution in [2.75, 3.05) is 44.2 Å². The van der Waals surface area contributed by atoms with Crippen LogP contribution in [0, 0.1) is 0 Å². The minimum atomic E-state index is -0.0760. The second-order valence-corrected chi connectivity index (χ2v) is 5.17. The number of nitrogens with zero attached hydrogens (tertiary/aromatic N) is 1. The van der Waals surface area contributed by atoms with Gasteiger partial charge >= 0.3 is 0 Å². The predicted molar refractivity (Wildman–Crippen MR) is 78.4 cm³/mol. The first kappa shape index (κ1) is 13.5. The molecule has 0 saturated carbocycles. The summed E-state index contributed by atoms with van der Waals surface area (Å²) in [5.41, 5.74) is 13.6. The smallest absolute Gasteiger partial charge is 0.185 e. The molecular formula is C14H22N4O2. The minimum absolute atomic E-state index is 0.0760. The van der Waals surface area contributed by atoms with Crippen molar-refractivity contribution in [3.63, 3.8) is 0 Å². The van der Waals surface area contributed by atoms with Crippen molar-refractivity contribution in [1.82, 2.24) is 5.32 Å². The van der Waals surface area contributed by atoms with Crippen molar-refractivity contribution >= 4 is 5.69 Å². The quantitative estimate of drug-likeness (QED) is 0.701. The normalized spacial score (nSPS) is 21.9. The summed E-state index contributed by atoms with van der Waals surface area (Å²) in [5, 5.41) is 3.35. The van der Waals surface area contributed by atoms with E-state index in [0.29, 0.717) is 19.7 Å². The summed E-state index contributed by atoms with van der Waals surface area (Å²) in [6.07, 6.45) is -0.0760. The molecule has 1 saturated heterocycles. The Labute approximate surface area is 119 Å². The number of ether oxygens (including phenoxy) is 2. The number of piperazine rings is 1. The first-order chi connectivity index (χ1) is 9.81. The molecule has 0 bridgehead atoms. The van der Waals surface area contributed by atoms with Crippen LogP contribution in [0.3, 0.4) is 0 Å². The van der Waals surface area contributed by atoms with E-state index in [1.54, 1.807) is 0 Å². The molecule has 0 aliphatic carbocycles. The molecule has 2 aliphatic rings. The third kappa shape index (κ3) is 2.54. The van der Waals surface area contributed by atoms with E-state index in [9.17, 15) is 0 Å².